The topological polar surface area (TPSA) is 72.9 Å². The Bertz CT molecular complexity index is 531. The summed E-state index contributed by atoms with van der Waals surface area (Å²) in [4.78, 5) is 27.5. The van der Waals surface area contributed by atoms with Crippen LogP contribution in [0.2, 0.25) is 0 Å². The minimum atomic E-state index is -0.813. The number of amides is 2. The number of aliphatic carboxylic acids is 1. The van der Waals surface area contributed by atoms with Gasteiger partial charge in [0.05, 0.1) is 12.0 Å². The number of carbonyl (C=O) groups excluding carboxylic acids is 1. The van der Waals surface area contributed by atoms with Gasteiger partial charge in [0.1, 0.15) is 0 Å². The lowest BCUT2D eigenvalue weighted by atomic mass is 9.99. The van der Waals surface area contributed by atoms with Crippen LogP contribution in [-0.4, -0.2) is 59.6 Å². The summed E-state index contributed by atoms with van der Waals surface area (Å²) < 4.78 is 0. The van der Waals surface area contributed by atoms with Crippen LogP contribution in [0.1, 0.15) is 38.3 Å². The van der Waals surface area contributed by atoms with Gasteiger partial charge < -0.3 is 15.3 Å². The summed E-state index contributed by atoms with van der Waals surface area (Å²) in [6.45, 7) is 7.53. The molecule has 0 spiro atoms. The summed E-state index contributed by atoms with van der Waals surface area (Å²) >= 11 is 1.66. The molecule has 0 bridgehead atoms. The molecule has 2 amide bonds. The highest BCUT2D eigenvalue weighted by Gasteiger charge is 2.28. The molecular weight excluding hydrogens is 326 g/mol. The number of piperidine rings is 1. The molecule has 134 valence electrons. The van der Waals surface area contributed by atoms with E-state index in [4.69, 9.17) is 5.11 Å². The average Bonchev–Trinajstić information content (AvgIpc) is 3.12. The van der Waals surface area contributed by atoms with E-state index in [1.807, 2.05) is 0 Å². The highest BCUT2D eigenvalue weighted by Crippen LogP contribution is 2.22. The summed E-state index contributed by atoms with van der Waals surface area (Å²) in [7, 11) is 0. The molecule has 2 unspecified atom stereocenters. The molecule has 1 aromatic rings. The van der Waals surface area contributed by atoms with Crippen LogP contribution in [0.4, 0.5) is 4.79 Å². The Morgan fingerprint density at radius 2 is 2.21 bits per heavy atom. The van der Waals surface area contributed by atoms with Crippen LogP contribution < -0.4 is 5.32 Å². The number of carboxylic acid groups (broad SMARTS) is 1. The lowest BCUT2D eigenvalue weighted by molar-refractivity contribution is -0.143. The molecule has 24 heavy (non-hydrogen) atoms. The Morgan fingerprint density at radius 1 is 1.46 bits per heavy atom. The van der Waals surface area contributed by atoms with E-state index in [0.29, 0.717) is 26.1 Å². The smallest absolute Gasteiger partial charge is 0.317 e. The van der Waals surface area contributed by atoms with E-state index in [0.717, 1.165) is 19.5 Å². The maximum Gasteiger partial charge on any atom is 0.317 e. The first-order valence-corrected chi connectivity index (χ1v) is 9.52. The summed E-state index contributed by atoms with van der Waals surface area (Å²) in [6, 6.07) is 2.09. The Morgan fingerprint density at radius 3 is 2.79 bits per heavy atom. The molecule has 0 aromatic carbocycles. The SMILES string of the molecule is CCN(CC)C(CNC(=O)N1CCCC(C(=O)O)C1)c1ccsc1. The van der Waals surface area contributed by atoms with Gasteiger partial charge in [-0.3, -0.25) is 9.69 Å². The molecule has 1 aliphatic heterocycles. The van der Waals surface area contributed by atoms with Crippen molar-refractivity contribution >= 4 is 23.3 Å². The van der Waals surface area contributed by atoms with Gasteiger partial charge in [-0.25, -0.2) is 4.79 Å². The minimum absolute atomic E-state index is 0.148. The lowest BCUT2D eigenvalue weighted by Gasteiger charge is -2.33. The van der Waals surface area contributed by atoms with Crippen molar-refractivity contribution in [2.45, 2.75) is 32.7 Å². The van der Waals surface area contributed by atoms with Crippen LogP contribution in [0, 0.1) is 5.92 Å². The van der Waals surface area contributed by atoms with Gasteiger partial charge in [0.2, 0.25) is 0 Å². The number of hydrogen-bond acceptors (Lipinski definition) is 4. The third-order valence-corrected chi connectivity index (χ3v) is 5.39. The second-order valence-electron chi connectivity index (χ2n) is 6.10. The van der Waals surface area contributed by atoms with Crippen molar-refractivity contribution in [3.05, 3.63) is 22.4 Å². The van der Waals surface area contributed by atoms with Crippen LogP contribution >= 0.6 is 11.3 Å². The number of carboxylic acids is 1. The molecule has 7 heteroatoms. The van der Waals surface area contributed by atoms with E-state index >= 15 is 0 Å². The molecule has 2 heterocycles. The number of nitrogens with zero attached hydrogens (tertiary/aromatic N) is 2. The van der Waals surface area contributed by atoms with Gasteiger partial charge in [0.25, 0.3) is 0 Å². The molecule has 0 radical (unpaired) electrons. The van der Waals surface area contributed by atoms with Gasteiger partial charge in [0.15, 0.2) is 0 Å². The second kappa shape index (κ2) is 9.03. The van der Waals surface area contributed by atoms with Gasteiger partial charge in [-0.1, -0.05) is 13.8 Å². The fourth-order valence-corrected chi connectivity index (χ4v) is 3.95. The molecule has 1 saturated heterocycles. The van der Waals surface area contributed by atoms with E-state index in [1.165, 1.54) is 5.56 Å². The number of carbonyl (C=O) groups is 2. The van der Waals surface area contributed by atoms with Crippen molar-refractivity contribution in [1.29, 1.82) is 0 Å². The van der Waals surface area contributed by atoms with E-state index in [-0.39, 0.29) is 12.1 Å². The highest BCUT2D eigenvalue weighted by atomic mass is 32.1. The van der Waals surface area contributed by atoms with E-state index in [1.54, 1.807) is 16.2 Å². The fraction of sp³-hybridized carbons (Fsp3) is 0.647. The maximum absolute atomic E-state index is 12.4. The Balaban J connectivity index is 1.95. The molecule has 0 saturated carbocycles. The Kier molecular flexibility index (Phi) is 7.05. The molecule has 6 nitrogen and oxygen atoms in total. The van der Waals surface area contributed by atoms with E-state index in [9.17, 15) is 9.59 Å². The molecule has 1 fully saturated rings. The summed E-state index contributed by atoms with van der Waals surface area (Å²) in [6.07, 6.45) is 1.39. The number of rotatable bonds is 7. The lowest BCUT2D eigenvalue weighted by Crippen LogP contribution is -2.49. The number of nitrogens with one attached hydrogen (secondary N) is 1. The van der Waals surface area contributed by atoms with Crippen LogP contribution in [-0.2, 0) is 4.79 Å². The molecule has 2 rings (SSSR count). The highest BCUT2D eigenvalue weighted by molar-refractivity contribution is 7.07. The number of hydrogen-bond donors (Lipinski definition) is 2. The maximum atomic E-state index is 12.4. The Hall–Kier alpha value is -1.60. The summed E-state index contributed by atoms with van der Waals surface area (Å²) in [5, 5.41) is 16.3. The van der Waals surface area contributed by atoms with Crippen molar-refractivity contribution in [2.24, 2.45) is 5.92 Å². The number of thiophene rings is 1. The number of likely N-dealkylation sites (N-methyl/N-ethyl adjacent to an activating group) is 1. The normalized spacial score (nSPS) is 19.3. The van der Waals surface area contributed by atoms with E-state index < -0.39 is 11.9 Å². The molecule has 1 aliphatic rings. The number of urea groups is 1. The van der Waals surface area contributed by atoms with Crippen molar-refractivity contribution in [3.8, 4) is 0 Å². The van der Waals surface area contributed by atoms with Gasteiger partial charge in [0, 0.05) is 19.6 Å². The fourth-order valence-electron chi connectivity index (χ4n) is 3.25. The molecule has 1 aromatic heterocycles. The molecule has 2 atom stereocenters. The number of likely N-dealkylation sites (tertiary alicyclic amines) is 1. The average molecular weight is 353 g/mol. The molecular formula is C17H27N3O3S. The third kappa shape index (κ3) is 4.70. The minimum Gasteiger partial charge on any atom is -0.481 e. The zero-order valence-corrected chi connectivity index (χ0v) is 15.2. The largest absolute Gasteiger partial charge is 0.481 e. The monoisotopic (exact) mass is 353 g/mol. The summed E-state index contributed by atoms with van der Waals surface area (Å²) in [5.74, 6) is -1.26. The predicted octanol–water partition coefficient (Wildman–Crippen LogP) is 2.64. The van der Waals surface area contributed by atoms with Crippen LogP contribution in [0.15, 0.2) is 16.8 Å². The standard InChI is InChI=1S/C17H27N3O3S/c1-3-19(4-2)15(14-7-9-24-12-14)10-18-17(23)20-8-5-6-13(11-20)16(21)22/h7,9,12-13,15H,3-6,8,10-11H2,1-2H3,(H,18,23)(H,21,22). The molecule has 2 N–H and O–H groups in total. The van der Waals surface area contributed by atoms with Crippen molar-refractivity contribution in [3.63, 3.8) is 0 Å². The first-order chi connectivity index (χ1) is 11.6. The van der Waals surface area contributed by atoms with Crippen LogP contribution in [0.25, 0.3) is 0 Å². The first kappa shape index (κ1) is 18.7. The van der Waals surface area contributed by atoms with Gasteiger partial charge in [-0.05, 0) is 48.3 Å². The zero-order valence-electron chi connectivity index (χ0n) is 14.4. The first-order valence-electron chi connectivity index (χ1n) is 8.58. The van der Waals surface area contributed by atoms with Crippen LogP contribution in [0.3, 0.4) is 0 Å². The van der Waals surface area contributed by atoms with Crippen molar-refractivity contribution in [2.75, 3.05) is 32.7 Å². The van der Waals surface area contributed by atoms with Gasteiger partial charge in [-0.15, -0.1) is 0 Å². The summed E-state index contributed by atoms with van der Waals surface area (Å²) in [5.41, 5.74) is 1.21. The Labute approximate surface area is 147 Å². The van der Waals surface area contributed by atoms with E-state index in [2.05, 4.69) is 40.9 Å². The quantitative estimate of drug-likeness (QED) is 0.790. The second-order valence-corrected chi connectivity index (χ2v) is 6.88. The third-order valence-electron chi connectivity index (χ3n) is 4.69. The van der Waals surface area contributed by atoms with Gasteiger partial charge >= 0.3 is 12.0 Å². The van der Waals surface area contributed by atoms with Gasteiger partial charge in [-0.2, -0.15) is 11.3 Å². The zero-order chi connectivity index (χ0) is 17.5. The van der Waals surface area contributed by atoms with Crippen LogP contribution in [0.5, 0.6) is 0 Å². The van der Waals surface area contributed by atoms with Crippen molar-refractivity contribution < 1.29 is 14.7 Å². The predicted molar refractivity (Wildman–Crippen MR) is 95.3 cm³/mol. The van der Waals surface area contributed by atoms with Crippen molar-refractivity contribution in [1.82, 2.24) is 15.1 Å². The molecule has 0 aliphatic carbocycles.